The zero-order valence-corrected chi connectivity index (χ0v) is 35.4. The number of nitro groups is 2. The third-order valence-corrected chi connectivity index (χ3v) is 11.3. The Balaban J connectivity index is 0.00000406. The number of aryl methyl sites for hydroxylation is 1. The average Bonchev–Trinajstić information content (AvgIpc) is 3.14. The molecular formula is C41H54Br2N6O6. The minimum absolute atomic E-state index is 0. The van der Waals surface area contributed by atoms with Gasteiger partial charge in [0.05, 0.1) is 47.2 Å². The van der Waals surface area contributed by atoms with Crippen LogP contribution in [0, 0.1) is 27.2 Å². The smallest absolute Gasteiger partial charge is 0.331 e. The Hall–Kier alpha value is -3.98. The van der Waals surface area contributed by atoms with Gasteiger partial charge in [-0.3, -0.25) is 34.2 Å². The van der Waals surface area contributed by atoms with Gasteiger partial charge in [0.1, 0.15) is 26.2 Å². The first kappa shape index (κ1) is 45.4. The summed E-state index contributed by atoms with van der Waals surface area (Å²) < 4.78 is 4.33. The molecule has 3 aromatic carbocycles. The lowest BCUT2D eigenvalue weighted by Gasteiger charge is -2.39. The van der Waals surface area contributed by atoms with Gasteiger partial charge in [0.15, 0.2) is 0 Å². The van der Waals surface area contributed by atoms with Crippen LogP contribution in [-0.2, 0) is 39.3 Å². The Bertz CT molecular complexity index is 2020. The number of nitrogens with zero attached hydrogens (tertiary/aromatic N) is 6. The van der Waals surface area contributed by atoms with Crippen LogP contribution in [0.1, 0.15) is 80.3 Å². The highest BCUT2D eigenvalue weighted by molar-refractivity contribution is 5.40. The van der Waals surface area contributed by atoms with Crippen molar-refractivity contribution in [3.05, 3.63) is 148 Å². The van der Waals surface area contributed by atoms with Crippen LogP contribution >= 0.6 is 0 Å². The van der Waals surface area contributed by atoms with Crippen molar-refractivity contribution in [2.45, 2.75) is 98.6 Å². The van der Waals surface area contributed by atoms with Gasteiger partial charge in [0.2, 0.25) is 0 Å². The molecule has 1 aromatic heterocycles. The van der Waals surface area contributed by atoms with Crippen LogP contribution in [0.3, 0.4) is 0 Å². The third kappa shape index (κ3) is 11.5. The number of quaternary nitrogens is 2. The monoisotopic (exact) mass is 884 g/mol. The molecular weight excluding hydrogens is 832 g/mol. The molecule has 3 heterocycles. The Kier molecular flexibility index (Phi) is 17.2. The van der Waals surface area contributed by atoms with Gasteiger partial charge >= 0.3 is 5.69 Å². The van der Waals surface area contributed by atoms with Crippen molar-refractivity contribution in [2.75, 3.05) is 26.2 Å². The standard InChI is InChI=1S/C41H54N6O6.2BrH/c1-4-46(31-36-16-8-10-18-38(36)44(50)51)26-14-6-12-24-42-33(3)28-40(48)43(41(42)49)25-13-7-15-27-47(5-2,30-35-22-20-34(29-46)21-23-35)32-37-17-9-11-19-39(37)45(52)53;;/h8-11,16-23,28H,4-7,12-15,24-27,29-32H2,1-3H3;2*1H/q+2;;/p-2. The van der Waals surface area contributed by atoms with Crippen molar-refractivity contribution < 1.29 is 52.8 Å². The van der Waals surface area contributed by atoms with Crippen LogP contribution in [-0.4, -0.2) is 54.1 Å². The zero-order valence-electron chi connectivity index (χ0n) is 32.2. The Morgan fingerprint density at radius 2 is 1.04 bits per heavy atom. The van der Waals surface area contributed by atoms with Crippen LogP contribution < -0.4 is 45.2 Å². The molecule has 2 atom stereocenters. The fourth-order valence-corrected chi connectivity index (χ4v) is 8.08. The Labute approximate surface area is 344 Å². The second-order valence-electron chi connectivity index (χ2n) is 14.8. The number of hydrogen-bond donors (Lipinski definition) is 0. The summed E-state index contributed by atoms with van der Waals surface area (Å²) in [6.07, 6.45) is 4.85. The fraction of sp³-hybridized carbons (Fsp3) is 0.463. The molecule has 14 heteroatoms. The maximum absolute atomic E-state index is 13.6. The van der Waals surface area contributed by atoms with Gasteiger partial charge in [-0.05, 0) is 71.4 Å². The fourth-order valence-electron chi connectivity index (χ4n) is 8.08. The summed E-state index contributed by atoms with van der Waals surface area (Å²) in [5, 5.41) is 24.0. The Morgan fingerprint density at radius 1 is 0.618 bits per heavy atom. The molecule has 0 amide bonds. The van der Waals surface area contributed by atoms with Gasteiger partial charge in [-0.25, -0.2) is 4.79 Å². The van der Waals surface area contributed by atoms with E-state index in [2.05, 4.69) is 38.1 Å². The second-order valence-corrected chi connectivity index (χ2v) is 14.8. The van der Waals surface area contributed by atoms with E-state index >= 15 is 0 Å². The number of para-hydroxylation sites is 2. The molecule has 0 fully saturated rings. The first-order chi connectivity index (χ1) is 25.5. The van der Waals surface area contributed by atoms with Crippen LogP contribution in [0.4, 0.5) is 11.4 Å². The van der Waals surface area contributed by atoms with E-state index in [1.54, 1.807) is 34.9 Å². The van der Waals surface area contributed by atoms with Crippen LogP contribution in [0.5, 0.6) is 0 Å². The summed E-state index contributed by atoms with van der Waals surface area (Å²) in [6, 6.07) is 24.2. The highest BCUT2D eigenvalue weighted by atomic mass is 79.9. The molecule has 12 nitrogen and oxygen atoms in total. The molecule has 298 valence electrons. The van der Waals surface area contributed by atoms with E-state index < -0.39 is 0 Å². The molecule has 55 heavy (non-hydrogen) atoms. The molecule has 4 aromatic rings. The molecule has 4 bridgehead atoms. The predicted octanol–water partition coefficient (Wildman–Crippen LogP) is 1.27. The van der Waals surface area contributed by atoms with Gasteiger partial charge in [0.25, 0.3) is 16.9 Å². The minimum atomic E-state index is -0.306. The van der Waals surface area contributed by atoms with E-state index in [0.717, 1.165) is 69.4 Å². The number of aromatic nitrogens is 2. The average molecular weight is 887 g/mol. The highest BCUT2D eigenvalue weighted by Gasteiger charge is 2.32. The van der Waals surface area contributed by atoms with Crippen molar-refractivity contribution in [2.24, 2.45) is 0 Å². The molecule has 0 spiro atoms. The molecule has 2 unspecified atom stereocenters. The summed E-state index contributed by atoms with van der Waals surface area (Å²) in [5.74, 6) is 0. The van der Waals surface area contributed by atoms with Gasteiger partial charge in [-0.1, -0.05) is 48.5 Å². The molecule has 0 aliphatic carbocycles. The topological polar surface area (TPSA) is 130 Å². The number of hydrogen-bond acceptors (Lipinski definition) is 6. The molecule has 2 aliphatic rings. The lowest BCUT2D eigenvalue weighted by Crippen LogP contribution is -3.00. The zero-order chi connectivity index (χ0) is 38.0. The molecule has 6 rings (SSSR count). The predicted molar refractivity (Wildman–Crippen MR) is 206 cm³/mol. The van der Waals surface area contributed by atoms with Gasteiger partial charge < -0.3 is 42.9 Å². The van der Waals surface area contributed by atoms with E-state index in [4.69, 9.17) is 0 Å². The van der Waals surface area contributed by atoms with E-state index in [1.165, 1.54) is 4.57 Å². The summed E-state index contributed by atoms with van der Waals surface area (Å²) in [6.45, 7) is 12.5. The largest absolute Gasteiger partial charge is 1.00 e. The minimum Gasteiger partial charge on any atom is -1.00 e. The molecule has 0 saturated carbocycles. The van der Waals surface area contributed by atoms with Crippen molar-refractivity contribution in [3.8, 4) is 0 Å². The molecule has 0 saturated heterocycles. The van der Waals surface area contributed by atoms with E-state index in [0.29, 0.717) is 71.5 Å². The normalized spacial score (nSPS) is 19.6. The number of nitro benzene ring substituents is 2. The third-order valence-electron chi connectivity index (χ3n) is 11.3. The lowest BCUT2D eigenvalue weighted by molar-refractivity contribution is -0.952. The van der Waals surface area contributed by atoms with Crippen molar-refractivity contribution >= 4 is 11.4 Å². The quantitative estimate of drug-likeness (QED) is 0.149. The summed E-state index contributed by atoms with van der Waals surface area (Å²) >= 11 is 0. The van der Waals surface area contributed by atoms with Crippen molar-refractivity contribution in [1.82, 2.24) is 9.13 Å². The number of halogens is 2. The van der Waals surface area contributed by atoms with Gasteiger partial charge in [-0.15, -0.1) is 0 Å². The van der Waals surface area contributed by atoms with Gasteiger partial charge in [-0.2, -0.15) is 0 Å². The first-order valence-corrected chi connectivity index (χ1v) is 19.0. The summed E-state index contributed by atoms with van der Waals surface area (Å²) in [5.41, 5.74) is 4.07. The lowest BCUT2D eigenvalue weighted by atomic mass is 10.0. The number of fused-ring (bicyclic) bond motifs is 14. The van der Waals surface area contributed by atoms with Crippen LogP contribution in [0.2, 0.25) is 0 Å². The number of benzene rings is 3. The first-order valence-electron chi connectivity index (χ1n) is 19.0. The van der Waals surface area contributed by atoms with Crippen molar-refractivity contribution in [1.29, 1.82) is 0 Å². The maximum atomic E-state index is 13.6. The highest BCUT2D eigenvalue weighted by Crippen LogP contribution is 2.29. The van der Waals surface area contributed by atoms with Crippen LogP contribution in [0.25, 0.3) is 0 Å². The molecule has 0 radical (unpaired) electrons. The SMILES string of the molecule is CC[N+]1(Cc2ccccc2[N+](=O)[O-])CCCCCn2c(C)cc(=O)n(c2=O)CCCCC[N+](CC)(Cc2ccccc2[N+](=O)[O-])Cc2ccc(cc2)C1.[Br-].[Br-]. The molecule has 2 aliphatic heterocycles. The Morgan fingerprint density at radius 3 is 1.45 bits per heavy atom. The molecule has 0 N–H and O–H groups in total. The van der Waals surface area contributed by atoms with Crippen molar-refractivity contribution in [3.63, 3.8) is 0 Å². The van der Waals surface area contributed by atoms with E-state index in [-0.39, 0.29) is 66.4 Å². The number of rotatable bonds is 8. The maximum Gasteiger partial charge on any atom is 0.331 e. The van der Waals surface area contributed by atoms with Gasteiger partial charge in [0, 0.05) is 48.1 Å². The summed E-state index contributed by atoms with van der Waals surface area (Å²) in [7, 11) is 0. The second kappa shape index (κ2) is 20.8. The van der Waals surface area contributed by atoms with E-state index in [1.807, 2.05) is 31.2 Å². The van der Waals surface area contributed by atoms with E-state index in [9.17, 15) is 29.8 Å². The summed E-state index contributed by atoms with van der Waals surface area (Å²) in [4.78, 5) is 50.0. The van der Waals surface area contributed by atoms with Crippen LogP contribution in [0.15, 0.2) is 88.5 Å².